The number of halogens is 1. The van der Waals surface area contributed by atoms with Gasteiger partial charge in [-0.3, -0.25) is 0 Å². The first kappa shape index (κ1) is 11.3. The standard InChI is InChI=1S/C12H11ClNOP/c13-16(14-11-7-3-1-4-8-11)15-12-9-5-2-6-10-12/h1-10,14H. The first-order valence-corrected chi connectivity index (χ1v) is 7.02. The fourth-order valence-corrected chi connectivity index (χ4v) is 2.45. The van der Waals surface area contributed by atoms with E-state index >= 15 is 0 Å². The zero-order chi connectivity index (χ0) is 11.2. The Morgan fingerprint density at radius 2 is 1.44 bits per heavy atom. The Labute approximate surface area is 101 Å². The van der Waals surface area contributed by atoms with Crippen molar-refractivity contribution in [3.8, 4) is 5.75 Å². The monoisotopic (exact) mass is 251 g/mol. The highest BCUT2D eigenvalue weighted by molar-refractivity contribution is 7.81. The number of anilines is 1. The van der Waals surface area contributed by atoms with Gasteiger partial charge in [0, 0.05) is 5.69 Å². The van der Waals surface area contributed by atoms with E-state index in [1.165, 1.54) is 0 Å². The van der Waals surface area contributed by atoms with Gasteiger partial charge in [0.25, 0.3) is 7.65 Å². The number of benzene rings is 2. The summed E-state index contributed by atoms with van der Waals surface area (Å²) in [4.78, 5) is 0. The molecule has 1 atom stereocenters. The molecular weight excluding hydrogens is 241 g/mol. The first-order valence-electron chi connectivity index (χ1n) is 4.85. The van der Waals surface area contributed by atoms with Crippen molar-refractivity contribution in [2.45, 2.75) is 0 Å². The van der Waals surface area contributed by atoms with Crippen LogP contribution < -0.4 is 9.61 Å². The maximum Gasteiger partial charge on any atom is 0.293 e. The fraction of sp³-hybridized carbons (Fsp3) is 0. The average molecular weight is 252 g/mol. The lowest BCUT2D eigenvalue weighted by Crippen LogP contribution is -1.93. The van der Waals surface area contributed by atoms with Gasteiger partial charge in [-0.15, -0.1) is 0 Å². The Hall–Kier alpha value is -1.24. The van der Waals surface area contributed by atoms with Crippen LogP contribution in [0.2, 0.25) is 0 Å². The number of rotatable bonds is 4. The third-order valence-electron chi connectivity index (χ3n) is 1.92. The van der Waals surface area contributed by atoms with E-state index in [0.29, 0.717) is 0 Å². The predicted molar refractivity (Wildman–Crippen MR) is 69.9 cm³/mol. The van der Waals surface area contributed by atoms with Gasteiger partial charge >= 0.3 is 0 Å². The number of nitrogens with one attached hydrogen (secondary N) is 1. The smallest absolute Gasteiger partial charge is 0.293 e. The van der Waals surface area contributed by atoms with E-state index in [1.807, 2.05) is 60.7 Å². The molecule has 0 aliphatic rings. The molecule has 0 saturated heterocycles. The SMILES string of the molecule is ClP(Nc1ccccc1)Oc1ccccc1. The van der Waals surface area contributed by atoms with Crippen LogP contribution in [0.1, 0.15) is 0 Å². The van der Waals surface area contributed by atoms with E-state index in [1.54, 1.807) is 0 Å². The van der Waals surface area contributed by atoms with Gasteiger partial charge in [0.05, 0.1) is 0 Å². The zero-order valence-corrected chi connectivity index (χ0v) is 10.2. The average Bonchev–Trinajstić information content (AvgIpc) is 2.31. The van der Waals surface area contributed by atoms with Crippen LogP contribution in [-0.4, -0.2) is 0 Å². The van der Waals surface area contributed by atoms with E-state index in [4.69, 9.17) is 15.8 Å². The van der Waals surface area contributed by atoms with Gasteiger partial charge in [-0.1, -0.05) is 36.4 Å². The molecule has 0 amide bonds. The Morgan fingerprint density at radius 1 is 0.875 bits per heavy atom. The van der Waals surface area contributed by atoms with Crippen LogP contribution in [0.5, 0.6) is 5.75 Å². The highest BCUT2D eigenvalue weighted by atomic mass is 35.7. The molecule has 0 fully saturated rings. The number of hydrogen-bond acceptors (Lipinski definition) is 2. The molecule has 0 aliphatic heterocycles. The van der Waals surface area contributed by atoms with Crippen molar-refractivity contribution in [1.82, 2.24) is 0 Å². The van der Waals surface area contributed by atoms with Crippen LogP contribution in [0.4, 0.5) is 5.69 Å². The van der Waals surface area contributed by atoms with Crippen molar-refractivity contribution in [3.05, 3.63) is 60.7 Å². The third kappa shape index (κ3) is 3.41. The maximum atomic E-state index is 6.08. The van der Waals surface area contributed by atoms with E-state index in [9.17, 15) is 0 Å². The van der Waals surface area contributed by atoms with E-state index in [-0.39, 0.29) is 0 Å². The second-order valence-electron chi connectivity index (χ2n) is 3.13. The van der Waals surface area contributed by atoms with Gasteiger partial charge in [-0.05, 0) is 35.5 Å². The molecule has 0 saturated carbocycles. The van der Waals surface area contributed by atoms with Crippen LogP contribution in [0, 0.1) is 0 Å². The lowest BCUT2D eigenvalue weighted by Gasteiger charge is -2.13. The van der Waals surface area contributed by atoms with Crippen molar-refractivity contribution in [1.29, 1.82) is 0 Å². The first-order chi connectivity index (χ1) is 7.84. The number of para-hydroxylation sites is 2. The van der Waals surface area contributed by atoms with Crippen LogP contribution in [-0.2, 0) is 0 Å². The molecule has 2 nitrogen and oxygen atoms in total. The van der Waals surface area contributed by atoms with Crippen LogP contribution in [0.15, 0.2) is 60.7 Å². The summed E-state index contributed by atoms with van der Waals surface area (Å²) in [6, 6.07) is 19.3. The van der Waals surface area contributed by atoms with Gasteiger partial charge in [0.1, 0.15) is 5.75 Å². The maximum absolute atomic E-state index is 6.08. The minimum Gasteiger partial charge on any atom is -0.441 e. The lowest BCUT2D eigenvalue weighted by atomic mass is 10.3. The summed E-state index contributed by atoms with van der Waals surface area (Å²) in [5, 5.41) is 3.10. The lowest BCUT2D eigenvalue weighted by molar-refractivity contribution is 0.630. The van der Waals surface area contributed by atoms with Crippen molar-refractivity contribution >= 4 is 24.6 Å². The van der Waals surface area contributed by atoms with E-state index in [0.717, 1.165) is 11.4 Å². The Morgan fingerprint density at radius 3 is 2.06 bits per heavy atom. The normalized spacial score (nSPS) is 11.8. The van der Waals surface area contributed by atoms with Gasteiger partial charge in [-0.25, -0.2) is 0 Å². The van der Waals surface area contributed by atoms with Crippen molar-refractivity contribution in [3.63, 3.8) is 0 Å². The Bertz CT molecular complexity index is 382. The molecule has 0 aliphatic carbocycles. The van der Waals surface area contributed by atoms with Gasteiger partial charge in [0.2, 0.25) is 0 Å². The van der Waals surface area contributed by atoms with Crippen molar-refractivity contribution in [2.24, 2.45) is 0 Å². The highest BCUT2D eigenvalue weighted by Gasteiger charge is 2.06. The summed E-state index contributed by atoms with van der Waals surface area (Å²) >= 11 is 6.08. The van der Waals surface area contributed by atoms with Crippen molar-refractivity contribution in [2.75, 3.05) is 5.09 Å². The van der Waals surface area contributed by atoms with Crippen LogP contribution in [0.3, 0.4) is 0 Å². The molecule has 0 aromatic heterocycles. The van der Waals surface area contributed by atoms with Crippen LogP contribution in [0.25, 0.3) is 0 Å². The molecule has 0 heterocycles. The number of hydrogen-bond donors (Lipinski definition) is 1. The van der Waals surface area contributed by atoms with Crippen molar-refractivity contribution < 1.29 is 4.52 Å². The second kappa shape index (κ2) is 5.74. The van der Waals surface area contributed by atoms with Gasteiger partial charge < -0.3 is 9.61 Å². The van der Waals surface area contributed by atoms with Gasteiger partial charge in [0.15, 0.2) is 0 Å². The van der Waals surface area contributed by atoms with Crippen LogP contribution >= 0.6 is 18.9 Å². The molecule has 1 N–H and O–H groups in total. The largest absolute Gasteiger partial charge is 0.441 e. The molecule has 2 rings (SSSR count). The van der Waals surface area contributed by atoms with E-state index in [2.05, 4.69) is 5.09 Å². The van der Waals surface area contributed by atoms with E-state index < -0.39 is 7.65 Å². The molecular formula is C12H11ClNOP. The molecule has 0 radical (unpaired) electrons. The molecule has 0 bridgehead atoms. The minimum atomic E-state index is -1.21. The summed E-state index contributed by atoms with van der Waals surface area (Å²) in [6.45, 7) is 0. The topological polar surface area (TPSA) is 21.3 Å². The predicted octanol–water partition coefficient (Wildman–Crippen LogP) is 4.64. The molecule has 0 spiro atoms. The molecule has 2 aromatic carbocycles. The molecule has 82 valence electrons. The zero-order valence-electron chi connectivity index (χ0n) is 8.51. The summed E-state index contributed by atoms with van der Waals surface area (Å²) in [7, 11) is -1.21. The van der Waals surface area contributed by atoms with Gasteiger partial charge in [-0.2, -0.15) is 0 Å². The minimum absolute atomic E-state index is 0.770. The highest BCUT2D eigenvalue weighted by Crippen LogP contribution is 2.42. The quantitative estimate of drug-likeness (QED) is 0.799. The summed E-state index contributed by atoms with van der Waals surface area (Å²) in [6.07, 6.45) is 0. The molecule has 1 unspecified atom stereocenters. The fourth-order valence-electron chi connectivity index (χ4n) is 1.21. The Kier molecular flexibility index (Phi) is 4.03. The summed E-state index contributed by atoms with van der Waals surface area (Å²) < 4.78 is 5.54. The molecule has 2 aromatic rings. The third-order valence-corrected chi connectivity index (χ3v) is 3.19. The molecule has 4 heteroatoms. The second-order valence-corrected chi connectivity index (χ2v) is 4.94. The summed E-state index contributed by atoms with van der Waals surface area (Å²) in [5.74, 6) is 0.770. The summed E-state index contributed by atoms with van der Waals surface area (Å²) in [5.41, 5.74) is 0.958. The Balaban J connectivity index is 1.92. The molecule has 16 heavy (non-hydrogen) atoms.